The van der Waals surface area contributed by atoms with Crippen molar-refractivity contribution in [2.24, 2.45) is 5.41 Å². The molecule has 4 nitrogen and oxygen atoms in total. The largest absolute Gasteiger partial charge is 0.377 e. The Bertz CT molecular complexity index is 478. The molecule has 0 amide bonds. The smallest absolute Gasteiger partial charge is 0.224 e. The van der Waals surface area contributed by atoms with Gasteiger partial charge in [0.05, 0.1) is 24.9 Å². The van der Waals surface area contributed by atoms with E-state index in [4.69, 9.17) is 16.3 Å². The molecule has 1 fully saturated rings. The number of hydrogen-bond acceptors (Lipinski definition) is 5. The topological polar surface area (TPSA) is 38.2 Å². The molecule has 112 valence electrons. The molecule has 0 spiro atoms. The molecule has 2 heterocycles. The maximum absolute atomic E-state index is 6.10. The second-order valence-corrected chi connectivity index (χ2v) is 7.16. The highest BCUT2D eigenvalue weighted by Crippen LogP contribution is 2.38. The Morgan fingerprint density at radius 1 is 1.45 bits per heavy atom. The minimum atomic E-state index is 0.00862. The van der Waals surface area contributed by atoms with Gasteiger partial charge in [-0.25, -0.2) is 9.97 Å². The summed E-state index contributed by atoms with van der Waals surface area (Å²) < 4.78 is 5.46. The molecule has 2 atom stereocenters. The highest BCUT2D eigenvalue weighted by molar-refractivity contribution is 7.80. The molecule has 0 bridgehead atoms. The van der Waals surface area contributed by atoms with E-state index < -0.39 is 0 Å². The summed E-state index contributed by atoms with van der Waals surface area (Å²) in [5.74, 6) is 0.860. The van der Waals surface area contributed by atoms with Gasteiger partial charge in [-0.3, -0.25) is 0 Å². The molecule has 20 heavy (non-hydrogen) atoms. The number of ether oxygens (including phenoxy) is 1. The van der Waals surface area contributed by atoms with Crippen molar-refractivity contribution >= 4 is 30.0 Å². The Labute approximate surface area is 131 Å². The highest BCUT2D eigenvalue weighted by Gasteiger charge is 2.27. The standard InChI is InChI=1S/C14H22ClN3OS/c1-9-8-19-6-5-18(9)11-7-10(16-13(15)17-11)12(20)14(2,3)4/h7,9,12,20H,5-6,8H2,1-4H3/t9-,12?/m0/s1. The highest BCUT2D eigenvalue weighted by atomic mass is 35.5. The third-order valence-corrected chi connectivity index (χ3v) is 4.68. The molecule has 1 saturated heterocycles. The third kappa shape index (κ3) is 3.57. The molecular weight excluding hydrogens is 294 g/mol. The minimum absolute atomic E-state index is 0.00862. The first kappa shape index (κ1) is 15.9. The Morgan fingerprint density at radius 3 is 2.75 bits per heavy atom. The number of morpholine rings is 1. The number of anilines is 1. The summed E-state index contributed by atoms with van der Waals surface area (Å²) in [5.41, 5.74) is 0.879. The fourth-order valence-corrected chi connectivity index (χ4v) is 2.54. The first-order valence-corrected chi connectivity index (χ1v) is 7.75. The molecule has 0 saturated carbocycles. The number of nitrogens with zero attached hydrogens (tertiary/aromatic N) is 3. The van der Waals surface area contributed by atoms with Crippen LogP contribution in [0.4, 0.5) is 5.82 Å². The third-order valence-electron chi connectivity index (χ3n) is 3.47. The van der Waals surface area contributed by atoms with Crippen molar-refractivity contribution in [1.29, 1.82) is 0 Å². The number of hydrogen-bond donors (Lipinski definition) is 1. The van der Waals surface area contributed by atoms with E-state index in [1.54, 1.807) is 0 Å². The van der Waals surface area contributed by atoms with Crippen molar-refractivity contribution in [3.8, 4) is 0 Å². The lowest BCUT2D eigenvalue weighted by Crippen LogP contribution is -2.44. The predicted molar refractivity (Wildman–Crippen MR) is 85.9 cm³/mol. The molecule has 2 rings (SSSR count). The molecule has 1 unspecified atom stereocenters. The normalized spacial score (nSPS) is 21.9. The predicted octanol–water partition coefficient (Wildman–Crippen LogP) is 3.37. The summed E-state index contributed by atoms with van der Waals surface area (Å²) in [5, 5.41) is 0.289. The van der Waals surface area contributed by atoms with Crippen LogP contribution in [0.2, 0.25) is 5.28 Å². The fraction of sp³-hybridized carbons (Fsp3) is 0.714. The van der Waals surface area contributed by atoms with Gasteiger partial charge in [0.1, 0.15) is 5.82 Å². The van der Waals surface area contributed by atoms with Crippen molar-refractivity contribution in [2.45, 2.75) is 39.0 Å². The van der Waals surface area contributed by atoms with Crippen LogP contribution in [0.1, 0.15) is 38.6 Å². The van der Waals surface area contributed by atoms with Crippen LogP contribution >= 0.6 is 24.2 Å². The second kappa shape index (κ2) is 6.08. The summed E-state index contributed by atoms with van der Waals surface area (Å²) in [7, 11) is 0. The minimum Gasteiger partial charge on any atom is -0.377 e. The van der Waals surface area contributed by atoms with Gasteiger partial charge in [0.2, 0.25) is 5.28 Å². The summed E-state index contributed by atoms with van der Waals surface area (Å²) in [6.07, 6.45) is 0. The zero-order valence-electron chi connectivity index (χ0n) is 12.4. The number of aromatic nitrogens is 2. The maximum Gasteiger partial charge on any atom is 0.224 e. The van der Waals surface area contributed by atoms with Gasteiger partial charge < -0.3 is 9.64 Å². The first-order valence-electron chi connectivity index (χ1n) is 6.86. The van der Waals surface area contributed by atoms with E-state index >= 15 is 0 Å². The molecule has 0 aromatic carbocycles. The molecular formula is C14H22ClN3OS. The lowest BCUT2D eigenvalue weighted by molar-refractivity contribution is 0.0985. The maximum atomic E-state index is 6.10. The molecule has 0 aliphatic carbocycles. The summed E-state index contributed by atoms with van der Waals surface area (Å²) in [6, 6.07) is 2.28. The lowest BCUT2D eigenvalue weighted by atomic mass is 9.89. The quantitative estimate of drug-likeness (QED) is 0.671. The lowest BCUT2D eigenvalue weighted by Gasteiger charge is -2.35. The zero-order chi connectivity index (χ0) is 14.9. The molecule has 1 aliphatic rings. The van der Waals surface area contributed by atoms with Crippen LogP contribution in [0.15, 0.2) is 6.07 Å². The van der Waals surface area contributed by atoms with Crippen LogP contribution in [-0.4, -0.2) is 35.8 Å². The van der Waals surface area contributed by atoms with Crippen molar-refractivity contribution in [1.82, 2.24) is 9.97 Å². The average molecular weight is 316 g/mol. The molecule has 1 aliphatic heterocycles. The fourth-order valence-electron chi connectivity index (χ4n) is 2.22. The van der Waals surface area contributed by atoms with Gasteiger partial charge in [-0.15, -0.1) is 0 Å². The van der Waals surface area contributed by atoms with Gasteiger partial charge in [0.15, 0.2) is 0 Å². The van der Waals surface area contributed by atoms with E-state index in [9.17, 15) is 0 Å². The van der Waals surface area contributed by atoms with E-state index in [1.165, 1.54) is 0 Å². The van der Waals surface area contributed by atoms with Crippen molar-refractivity contribution in [3.05, 3.63) is 17.0 Å². The zero-order valence-corrected chi connectivity index (χ0v) is 14.1. The summed E-state index contributed by atoms with van der Waals surface area (Å²) in [4.78, 5) is 10.9. The van der Waals surface area contributed by atoms with Gasteiger partial charge in [-0.05, 0) is 23.9 Å². The van der Waals surface area contributed by atoms with Crippen molar-refractivity contribution in [2.75, 3.05) is 24.7 Å². The molecule has 6 heteroatoms. The number of halogens is 1. The molecule has 0 N–H and O–H groups in total. The van der Waals surface area contributed by atoms with Crippen LogP contribution < -0.4 is 4.90 Å². The van der Waals surface area contributed by atoms with Gasteiger partial charge in [-0.1, -0.05) is 20.8 Å². The Balaban J connectivity index is 2.33. The molecule has 1 aromatic rings. The van der Waals surface area contributed by atoms with Gasteiger partial charge >= 0.3 is 0 Å². The van der Waals surface area contributed by atoms with Crippen molar-refractivity contribution in [3.63, 3.8) is 0 Å². The second-order valence-electron chi connectivity index (χ2n) is 6.31. The van der Waals surface area contributed by atoms with Gasteiger partial charge in [0, 0.05) is 17.9 Å². The van der Waals surface area contributed by atoms with E-state index in [0.717, 1.165) is 18.1 Å². The van der Waals surface area contributed by atoms with Crippen molar-refractivity contribution < 1.29 is 4.74 Å². The Kier molecular flexibility index (Phi) is 4.82. The van der Waals surface area contributed by atoms with Crippen LogP contribution in [0.3, 0.4) is 0 Å². The van der Waals surface area contributed by atoms with E-state index in [-0.39, 0.29) is 22.0 Å². The Hall–Kier alpha value is -0.520. The molecule has 1 aromatic heterocycles. The van der Waals surface area contributed by atoms with E-state index in [1.807, 2.05) is 6.07 Å². The van der Waals surface area contributed by atoms with Gasteiger partial charge in [-0.2, -0.15) is 12.6 Å². The SMILES string of the molecule is C[C@H]1COCCN1c1cc(C(S)C(C)(C)C)nc(Cl)n1. The summed E-state index contributed by atoms with van der Waals surface area (Å²) >= 11 is 10.8. The average Bonchev–Trinajstić information content (AvgIpc) is 2.36. The van der Waals surface area contributed by atoms with E-state index in [2.05, 4.69) is 55.2 Å². The van der Waals surface area contributed by atoms with Crippen LogP contribution in [-0.2, 0) is 4.74 Å². The molecule has 0 radical (unpaired) electrons. The Morgan fingerprint density at radius 2 is 2.15 bits per heavy atom. The van der Waals surface area contributed by atoms with Crippen LogP contribution in [0.25, 0.3) is 0 Å². The number of rotatable bonds is 2. The van der Waals surface area contributed by atoms with Crippen LogP contribution in [0.5, 0.6) is 0 Å². The van der Waals surface area contributed by atoms with Crippen LogP contribution in [0, 0.1) is 5.41 Å². The number of thiol groups is 1. The first-order chi connectivity index (χ1) is 9.29. The van der Waals surface area contributed by atoms with Gasteiger partial charge in [0.25, 0.3) is 0 Å². The monoisotopic (exact) mass is 315 g/mol. The van der Waals surface area contributed by atoms with E-state index in [0.29, 0.717) is 13.2 Å². The summed E-state index contributed by atoms with van der Waals surface area (Å²) in [6.45, 7) is 10.8.